The Hall–Kier alpha value is -1.51. The van der Waals surface area contributed by atoms with Gasteiger partial charge in [-0.2, -0.15) is 0 Å². The predicted molar refractivity (Wildman–Crippen MR) is 54.5 cm³/mol. The summed E-state index contributed by atoms with van der Waals surface area (Å²) in [5.41, 5.74) is 2.06. The first-order valence-electron chi connectivity index (χ1n) is 4.68. The van der Waals surface area contributed by atoms with Gasteiger partial charge in [-0.1, -0.05) is 13.0 Å². The number of methoxy groups -OCH3 is 1. The third-order valence-corrected chi connectivity index (χ3v) is 2.55. The number of rotatable bonds is 1. The molecule has 3 nitrogen and oxygen atoms in total. The van der Waals surface area contributed by atoms with Crippen molar-refractivity contribution in [3.05, 3.63) is 23.8 Å². The molecule has 1 aromatic carbocycles. The zero-order valence-electron chi connectivity index (χ0n) is 8.33. The molecule has 0 spiro atoms. The average Bonchev–Trinajstić information content (AvgIpc) is 2.19. The van der Waals surface area contributed by atoms with Gasteiger partial charge in [0.05, 0.1) is 7.11 Å². The number of nitrogens with one attached hydrogen (secondary N) is 1. The minimum Gasteiger partial charge on any atom is -0.497 e. The Morgan fingerprint density at radius 1 is 1.50 bits per heavy atom. The van der Waals surface area contributed by atoms with Gasteiger partial charge in [-0.25, -0.2) is 0 Å². The Kier molecular flexibility index (Phi) is 2.15. The Labute approximate surface area is 83.1 Å². The van der Waals surface area contributed by atoms with Crippen molar-refractivity contribution in [1.29, 1.82) is 0 Å². The van der Waals surface area contributed by atoms with Crippen LogP contribution < -0.4 is 10.1 Å². The Bertz CT molecular complexity index is 374. The number of fused-ring (bicyclic) bond motifs is 1. The maximum absolute atomic E-state index is 11.4. The fourth-order valence-electron chi connectivity index (χ4n) is 1.66. The molecule has 1 heterocycles. The molecule has 3 heteroatoms. The largest absolute Gasteiger partial charge is 0.497 e. The molecule has 1 unspecified atom stereocenters. The number of ether oxygens (including phenoxy) is 1. The summed E-state index contributed by atoms with van der Waals surface area (Å²) in [7, 11) is 1.62. The molecule has 0 saturated carbocycles. The summed E-state index contributed by atoms with van der Waals surface area (Å²) in [4.78, 5) is 11.4. The standard InChI is InChI=1S/C11H13NO2/c1-7-5-8-3-4-9(14-2)6-10(8)12-11(7)13/h3-4,6-7H,5H2,1-2H3,(H,12,13). The number of carbonyl (C=O) groups is 1. The first kappa shape index (κ1) is 9.06. The highest BCUT2D eigenvalue weighted by molar-refractivity contribution is 5.95. The monoisotopic (exact) mass is 191 g/mol. The summed E-state index contributed by atoms with van der Waals surface area (Å²) in [6.45, 7) is 1.93. The molecule has 1 N–H and O–H groups in total. The van der Waals surface area contributed by atoms with Crippen molar-refractivity contribution in [1.82, 2.24) is 0 Å². The van der Waals surface area contributed by atoms with Gasteiger partial charge in [0.15, 0.2) is 0 Å². The van der Waals surface area contributed by atoms with Crippen molar-refractivity contribution < 1.29 is 9.53 Å². The third-order valence-electron chi connectivity index (χ3n) is 2.55. The highest BCUT2D eigenvalue weighted by atomic mass is 16.5. The highest BCUT2D eigenvalue weighted by Gasteiger charge is 2.22. The number of hydrogen-bond donors (Lipinski definition) is 1. The van der Waals surface area contributed by atoms with Crippen molar-refractivity contribution in [3.63, 3.8) is 0 Å². The Morgan fingerprint density at radius 3 is 3.00 bits per heavy atom. The van der Waals surface area contributed by atoms with Gasteiger partial charge in [0, 0.05) is 17.7 Å². The van der Waals surface area contributed by atoms with Crippen molar-refractivity contribution in [2.24, 2.45) is 5.92 Å². The maximum atomic E-state index is 11.4. The third kappa shape index (κ3) is 1.45. The molecule has 14 heavy (non-hydrogen) atoms. The highest BCUT2D eigenvalue weighted by Crippen LogP contribution is 2.28. The molecule has 0 radical (unpaired) electrons. The lowest BCUT2D eigenvalue weighted by atomic mass is 9.95. The summed E-state index contributed by atoms with van der Waals surface area (Å²) >= 11 is 0. The van der Waals surface area contributed by atoms with Gasteiger partial charge in [-0.3, -0.25) is 4.79 Å². The summed E-state index contributed by atoms with van der Waals surface area (Å²) in [5, 5.41) is 2.87. The van der Waals surface area contributed by atoms with E-state index in [1.165, 1.54) is 5.56 Å². The van der Waals surface area contributed by atoms with E-state index in [0.717, 1.165) is 17.9 Å². The molecule has 1 aliphatic rings. The lowest BCUT2D eigenvalue weighted by Gasteiger charge is -2.22. The van der Waals surface area contributed by atoms with Gasteiger partial charge in [-0.15, -0.1) is 0 Å². The lowest BCUT2D eigenvalue weighted by molar-refractivity contribution is -0.119. The van der Waals surface area contributed by atoms with Crippen LogP contribution in [-0.4, -0.2) is 13.0 Å². The van der Waals surface area contributed by atoms with E-state index in [4.69, 9.17) is 4.74 Å². The van der Waals surface area contributed by atoms with Crippen LogP contribution in [0.2, 0.25) is 0 Å². The lowest BCUT2D eigenvalue weighted by Crippen LogP contribution is -2.27. The molecule has 0 saturated heterocycles. The molecule has 0 aromatic heterocycles. The Morgan fingerprint density at radius 2 is 2.29 bits per heavy atom. The molecular formula is C11H13NO2. The normalized spacial score (nSPS) is 19.9. The van der Waals surface area contributed by atoms with Crippen LogP contribution in [0.4, 0.5) is 5.69 Å². The minimum absolute atomic E-state index is 0.0656. The molecule has 1 aromatic rings. The fourth-order valence-corrected chi connectivity index (χ4v) is 1.66. The second-order valence-corrected chi connectivity index (χ2v) is 3.62. The van der Waals surface area contributed by atoms with Gasteiger partial charge < -0.3 is 10.1 Å². The summed E-state index contributed by atoms with van der Waals surface area (Å²) in [5.74, 6) is 0.931. The van der Waals surface area contributed by atoms with E-state index in [0.29, 0.717) is 0 Å². The number of amides is 1. The number of anilines is 1. The first-order chi connectivity index (χ1) is 6.70. The summed E-state index contributed by atoms with van der Waals surface area (Å²) in [6.07, 6.45) is 0.811. The van der Waals surface area contributed by atoms with Crippen molar-refractivity contribution in [2.45, 2.75) is 13.3 Å². The van der Waals surface area contributed by atoms with Crippen LogP contribution >= 0.6 is 0 Å². The molecule has 0 fully saturated rings. The molecule has 1 atom stereocenters. The van der Waals surface area contributed by atoms with E-state index in [2.05, 4.69) is 5.32 Å². The molecule has 2 rings (SSSR count). The van der Waals surface area contributed by atoms with Gasteiger partial charge >= 0.3 is 0 Å². The van der Waals surface area contributed by atoms with Gasteiger partial charge in [-0.05, 0) is 18.1 Å². The SMILES string of the molecule is COc1ccc2c(c1)NC(=O)C(C)C2. The zero-order chi connectivity index (χ0) is 10.1. The first-order valence-corrected chi connectivity index (χ1v) is 4.68. The van der Waals surface area contributed by atoms with E-state index in [1.807, 2.05) is 25.1 Å². The quantitative estimate of drug-likeness (QED) is 0.735. The second kappa shape index (κ2) is 3.33. The van der Waals surface area contributed by atoms with E-state index >= 15 is 0 Å². The van der Waals surface area contributed by atoms with Crippen LogP contribution in [-0.2, 0) is 11.2 Å². The Balaban J connectivity index is 2.37. The van der Waals surface area contributed by atoms with Crippen LogP contribution in [0, 0.1) is 5.92 Å². The number of benzene rings is 1. The van der Waals surface area contributed by atoms with Crippen LogP contribution in [0.25, 0.3) is 0 Å². The van der Waals surface area contributed by atoms with Gasteiger partial charge in [0.25, 0.3) is 0 Å². The molecular weight excluding hydrogens is 178 g/mol. The molecule has 0 bridgehead atoms. The molecule has 74 valence electrons. The predicted octanol–water partition coefficient (Wildman–Crippen LogP) is 1.83. The van der Waals surface area contributed by atoms with Crippen LogP contribution in [0.1, 0.15) is 12.5 Å². The number of carbonyl (C=O) groups excluding carboxylic acids is 1. The van der Waals surface area contributed by atoms with E-state index in [9.17, 15) is 4.79 Å². The van der Waals surface area contributed by atoms with E-state index < -0.39 is 0 Å². The minimum atomic E-state index is 0.0656. The fraction of sp³-hybridized carbons (Fsp3) is 0.364. The van der Waals surface area contributed by atoms with E-state index in [1.54, 1.807) is 7.11 Å². The second-order valence-electron chi connectivity index (χ2n) is 3.62. The van der Waals surface area contributed by atoms with Crippen LogP contribution in [0.5, 0.6) is 5.75 Å². The van der Waals surface area contributed by atoms with Gasteiger partial charge in [0.1, 0.15) is 5.75 Å². The topological polar surface area (TPSA) is 38.3 Å². The molecule has 0 aliphatic carbocycles. The smallest absolute Gasteiger partial charge is 0.227 e. The van der Waals surface area contributed by atoms with Crippen molar-refractivity contribution in [2.75, 3.05) is 12.4 Å². The zero-order valence-corrected chi connectivity index (χ0v) is 8.33. The number of hydrogen-bond acceptors (Lipinski definition) is 2. The van der Waals surface area contributed by atoms with Crippen molar-refractivity contribution in [3.8, 4) is 5.75 Å². The van der Waals surface area contributed by atoms with E-state index in [-0.39, 0.29) is 11.8 Å². The summed E-state index contributed by atoms with van der Waals surface area (Å²) in [6, 6.07) is 5.78. The van der Waals surface area contributed by atoms with Gasteiger partial charge in [0.2, 0.25) is 5.91 Å². The summed E-state index contributed by atoms with van der Waals surface area (Å²) < 4.78 is 5.09. The molecule has 1 aliphatic heterocycles. The average molecular weight is 191 g/mol. The maximum Gasteiger partial charge on any atom is 0.227 e. The van der Waals surface area contributed by atoms with Crippen molar-refractivity contribution >= 4 is 11.6 Å². The molecule has 1 amide bonds. The van der Waals surface area contributed by atoms with Crippen LogP contribution in [0.15, 0.2) is 18.2 Å². The van der Waals surface area contributed by atoms with Crippen LogP contribution in [0.3, 0.4) is 0 Å².